The summed E-state index contributed by atoms with van der Waals surface area (Å²) in [4.78, 5) is 23.8. The number of sulfonamides is 1. The maximum absolute atomic E-state index is 13.7. The van der Waals surface area contributed by atoms with E-state index in [2.05, 4.69) is 0 Å². The molecule has 174 valence electrons. The number of alkyl halides is 9. The Labute approximate surface area is 166 Å². The molecule has 0 aromatic carbocycles. The largest absolute Gasteiger partial charge is 0.480 e. The number of carboxylic acids is 1. The molecule has 2 fully saturated rings. The second-order valence-corrected chi connectivity index (χ2v) is 10.4. The third-order valence-corrected chi connectivity index (χ3v) is 7.48. The Morgan fingerprint density at radius 1 is 1.07 bits per heavy atom. The molecule has 2 aliphatic heterocycles. The Morgan fingerprint density at radius 3 is 1.93 bits per heavy atom. The van der Waals surface area contributed by atoms with E-state index in [0.717, 1.165) is 4.72 Å². The number of nitrogens with zero attached hydrogens (tertiary/aromatic N) is 1. The van der Waals surface area contributed by atoms with Crippen molar-refractivity contribution in [1.82, 2.24) is 9.62 Å². The number of nitrogens with one attached hydrogen (secondary N) is 1. The van der Waals surface area contributed by atoms with Gasteiger partial charge < -0.3 is 10.0 Å². The number of β-lactam (4-membered cyclic amide) rings is 1. The SMILES string of the molecule is CC1(C)S[C@@H]2[C@@H](NS(=O)(=O)C(F)(F)C(F)(F)C(F)(F)C(F)(F)F)C(=O)N2[C@H]1C(=O)O. The van der Waals surface area contributed by atoms with Crippen molar-refractivity contribution in [2.24, 2.45) is 0 Å². The van der Waals surface area contributed by atoms with Crippen molar-refractivity contribution < 1.29 is 62.6 Å². The minimum absolute atomic E-state index is 0.542. The Hall–Kier alpha value is -1.43. The lowest BCUT2D eigenvalue weighted by atomic mass is 9.96. The summed E-state index contributed by atoms with van der Waals surface area (Å²) in [6, 6.07) is -3.86. The molecule has 18 heteroatoms. The van der Waals surface area contributed by atoms with E-state index in [4.69, 9.17) is 5.11 Å². The molecule has 0 bridgehead atoms. The average molecular weight is 498 g/mol. The van der Waals surface area contributed by atoms with Crippen molar-refractivity contribution in [3.63, 3.8) is 0 Å². The lowest BCUT2D eigenvalue weighted by Crippen LogP contribution is -2.73. The van der Waals surface area contributed by atoms with Crippen molar-refractivity contribution in [1.29, 1.82) is 0 Å². The Balaban J connectivity index is 2.36. The molecule has 7 nitrogen and oxygen atoms in total. The summed E-state index contributed by atoms with van der Waals surface area (Å²) in [5.74, 6) is -17.9. The Kier molecular flexibility index (Phi) is 5.41. The molecule has 0 aliphatic carbocycles. The summed E-state index contributed by atoms with van der Waals surface area (Å²) >= 11 is 0.571. The zero-order chi connectivity index (χ0) is 23.9. The number of rotatable bonds is 6. The summed E-state index contributed by atoms with van der Waals surface area (Å²) in [5, 5.41) is 0.655. The number of carbonyl (C=O) groups excluding carboxylic acids is 1. The average Bonchev–Trinajstić information content (AvgIpc) is 2.79. The van der Waals surface area contributed by atoms with Crippen LogP contribution in [0.25, 0.3) is 0 Å². The molecule has 30 heavy (non-hydrogen) atoms. The second-order valence-electron chi connectivity index (χ2n) is 6.86. The van der Waals surface area contributed by atoms with Gasteiger partial charge in [-0.15, -0.1) is 11.8 Å². The molecule has 2 aliphatic rings. The molecule has 0 saturated carbocycles. The first-order valence-corrected chi connectivity index (χ1v) is 9.85. The van der Waals surface area contributed by atoms with Crippen molar-refractivity contribution >= 4 is 33.7 Å². The highest BCUT2D eigenvalue weighted by Crippen LogP contribution is 2.55. The monoisotopic (exact) mass is 498 g/mol. The molecule has 2 heterocycles. The fourth-order valence-electron chi connectivity index (χ4n) is 2.89. The maximum atomic E-state index is 13.7. The number of carboxylic acid groups (broad SMARTS) is 1. The predicted molar refractivity (Wildman–Crippen MR) is 80.5 cm³/mol. The van der Waals surface area contributed by atoms with Gasteiger partial charge in [-0.3, -0.25) is 4.79 Å². The fraction of sp³-hybridized carbons (Fsp3) is 0.833. The lowest BCUT2D eigenvalue weighted by molar-refractivity contribution is -0.382. The summed E-state index contributed by atoms with van der Waals surface area (Å²) in [6.07, 6.45) is -7.22. The van der Waals surface area contributed by atoms with Crippen LogP contribution in [0.4, 0.5) is 39.5 Å². The van der Waals surface area contributed by atoms with E-state index < -0.39 is 67.4 Å². The van der Waals surface area contributed by atoms with Crippen molar-refractivity contribution in [3.8, 4) is 0 Å². The summed E-state index contributed by atoms with van der Waals surface area (Å²) in [7, 11) is -6.99. The van der Waals surface area contributed by atoms with Crippen LogP contribution in [0.2, 0.25) is 0 Å². The van der Waals surface area contributed by atoms with Gasteiger partial charge in [-0.1, -0.05) is 0 Å². The number of fused-ring (bicyclic) bond motifs is 1. The van der Waals surface area contributed by atoms with Crippen molar-refractivity contribution in [2.45, 2.75) is 59.3 Å². The van der Waals surface area contributed by atoms with Gasteiger partial charge >= 0.3 is 29.2 Å². The van der Waals surface area contributed by atoms with Gasteiger partial charge in [0.15, 0.2) is 0 Å². The van der Waals surface area contributed by atoms with Crippen molar-refractivity contribution in [2.75, 3.05) is 0 Å². The molecular formula is C12H11F9N2O5S2. The summed E-state index contributed by atoms with van der Waals surface area (Å²) < 4.78 is 139. The number of amides is 1. The summed E-state index contributed by atoms with van der Waals surface area (Å²) in [5.41, 5.74) is 0. The van der Waals surface area contributed by atoms with E-state index in [9.17, 15) is 57.5 Å². The molecule has 2 rings (SSSR count). The molecule has 0 aromatic heterocycles. The van der Waals surface area contributed by atoms with E-state index in [1.807, 2.05) is 0 Å². The number of aliphatic carboxylic acids is 1. The van der Waals surface area contributed by atoms with E-state index in [1.54, 1.807) is 0 Å². The Bertz CT molecular complexity index is 874. The third kappa shape index (κ3) is 3.12. The summed E-state index contributed by atoms with van der Waals surface area (Å²) in [6.45, 7) is 2.56. The third-order valence-electron chi connectivity index (χ3n) is 4.41. The molecule has 2 saturated heterocycles. The second kappa shape index (κ2) is 6.54. The molecule has 3 atom stereocenters. The number of carbonyl (C=O) groups is 2. The first-order chi connectivity index (χ1) is 13.0. The van der Waals surface area contributed by atoms with Crippen LogP contribution >= 0.6 is 11.8 Å². The molecule has 0 radical (unpaired) electrons. The van der Waals surface area contributed by atoms with Gasteiger partial charge in [-0.05, 0) is 13.8 Å². The first kappa shape index (κ1) is 24.8. The number of hydrogen-bond donors (Lipinski definition) is 2. The normalized spacial score (nSPS) is 27.6. The predicted octanol–water partition coefficient (Wildman–Crippen LogP) is 1.85. The van der Waals surface area contributed by atoms with E-state index in [-0.39, 0.29) is 0 Å². The lowest BCUT2D eigenvalue weighted by Gasteiger charge is -2.44. The number of thioether (sulfide) groups is 1. The van der Waals surface area contributed by atoms with Crippen LogP contribution in [-0.2, 0) is 19.6 Å². The molecule has 0 aromatic rings. The van der Waals surface area contributed by atoms with Gasteiger partial charge in [0.1, 0.15) is 17.5 Å². The van der Waals surface area contributed by atoms with Crippen LogP contribution in [-0.4, -0.2) is 75.8 Å². The van der Waals surface area contributed by atoms with Crippen LogP contribution in [0.1, 0.15) is 13.8 Å². The highest BCUT2D eigenvalue weighted by Gasteiger charge is 2.85. The molecule has 1 amide bonds. The molecular weight excluding hydrogens is 487 g/mol. The van der Waals surface area contributed by atoms with Crippen LogP contribution < -0.4 is 4.72 Å². The van der Waals surface area contributed by atoms with Crippen LogP contribution in [0.5, 0.6) is 0 Å². The maximum Gasteiger partial charge on any atom is 0.460 e. The molecule has 2 N–H and O–H groups in total. The van der Waals surface area contributed by atoms with Crippen LogP contribution in [0.3, 0.4) is 0 Å². The van der Waals surface area contributed by atoms with Crippen LogP contribution in [0.15, 0.2) is 0 Å². The van der Waals surface area contributed by atoms with Crippen molar-refractivity contribution in [3.05, 3.63) is 0 Å². The van der Waals surface area contributed by atoms with Gasteiger partial charge in [-0.2, -0.15) is 44.2 Å². The van der Waals surface area contributed by atoms with Crippen LogP contribution in [0, 0.1) is 0 Å². The standard InChI is InChI=1S/C12H11F9N2O5S2/c1-8(2)4(7(25)26)23-5(24)3(6(23)29-8)22-30(27,28)12(20,21)10(15,16)9(13,14)11(17,18)19/h3-4,6,22H,1-2H3,(H,25,26)/t3-,4-,6+/m0/s1. The van der Waals surface area contributed by atoms with E-state index in [1.165, 1.54) is 13.8 Å². The van der Waals surface area contributed by atoms with Gasteiger partial charge in [0.05, 0.1) is 0 Å². The van der Waals surface area contributed by atoms with Gasteiger partial charge in [0, 0.05) is 4.75 Å². The first-order valence-electron chi connectivity index (χ1n) is 7.49. The zero-order valence-electron chi connectivity index (χ0n) is 14.5. The zero-order valence-corrected chi connectivity index (χ0v) is 16.1. The Morgan fingerprint density at radius 2 is 1.53 bits per heavy atom. The molecule has 0 spiro atoms. The van der Waals surface area contributed by atoms with E-state index >= 15 is 0 Å². The minimum atomic E-state index is -7.44. The van der Waals surface area contributed by atoms with Gasteiger partial charge in [0.25, 0.3) is 10.0 Å². The van der Waals surface area contributed by atoms with Gasteiger partial charge in [0.2, 0.25) is 5.91 Å². The fourth-order valence-corrected chi connectivity index (χ4v) is 5.78. The number of halogens is 9. The quantitative estimate of drug-likeness (QED) is 0.428. The topological polar surface area (TPSA) is 104 Å². The highest BCUT2D eigenvalue weighted by atomic mass is 32.2. The molecule has 0 unspecified atom stereocenters. The van der Waals surface area contributed by atoms with E-state index in [0.29, 0.717) is 16.7 Å². The number of hydrogen-bond acceptors (Lipinski definition) is 5. The smallest absolute Gasteiger partial charge is 0.460 e. The minimum Gasteiger partial charge on any atom is -0.480 e. The highest BCUT2D eigenvalue weighted by molar-refractivity contribution is 8.01. The van der Waals surface area contributed by atoms with Gasteiger partial charge in [-0.25, -0.2) is 13.2 Å².